The SMILES string of the molecule is Cc1cc(C)c2sc3c(c2c1)CC(C=II)C=C3. The summed E-state index contributed by atoms with van der Waals surface area (Å²) in [5, 5.41) is 1.50. The van der Waals surface area contributed by atoms with Crippen molar-refractivity contribution in [1.82, 2.24) is 0 Å². The van der Waals surface area contributed by atoms with E-state index >= 15 is 0 Å². The van der Waals surface area contributed by atoms with Gasteiger partial charge in [0.05, 0.1) is 0 Å². The number of thiophene rings is 1. The Kier molecular flexibility index (Phi) is 3.92. The van der Waals surface area contributed by atoms with Crippen molar-refractivity contribution in [1.29, 1.82) is 0 Å². The van der Waals surface area contributed by atoms with Crippen molar-refractivity contribution in [2.24, 2.45) is 5.92 Å². The van der Waals surface area contributed by atoms with Gasteiger partial charge in [0.25, 0.3) is 0 Å². The molecule has 1 atom stereocenters. The zero-order valence-electron chi connectivity index (χ0n) is 10.3. The number of hydrogen-bond acceptors (Lipinski definition) is 1. The third-order valence-electron chi connectivity index (χ3n) is 3.40. The highest BCUT2D eigenvalue weighted by atomic mass is 128. The Morgan fingerprint density at radius 3 is 3.00 bits per heavy atom. The summed E-state index contributed by atoms with van der Waals surface area (Å²) >= 11 is 4.75. The number of benzene rings is 1. The summed E-state index contributed by atoms with van der Waals surface area (Å²) < 4.78 is 4.01. The van der Waals surface area contributed by atoms with Crippen molar-refractivity contribution in [2.45, 2.75) is 20.3 Å². The summed E-state index contributed by atoms with van der Waals surface area (Å²) in [4.78, 5) is 1.48. The maximum absolute atomic E-state index is 2.54. The molecule has 3 heteroatoms. The molecule has 0 amide bonds. The monoisotopic (exact) mass is 480 g/mol. The van der Waals surface area contributed by atoms with Crippen molar-refractivity contribution in [2.75, 3.05) is 0 Å². The van der Waals surface area contributed by atoms with Crippen molar-refractivity contribution in [3.63, 3.8) is 0 Å². The molecular weight excluding hydrogens is 466 g/mol. The molecular formula is C15H14I2S. The molecule has 94 valence electrons. The lowest BCUT2D eigenvalue weighted by Gasteiger charge is -2.13. The van der Waals surface area contributed by atoms with Crippen molar-refractivity contribution in [3.05, 3.63) is 39.8 Å². The molecule has 0 radical (unpaired) electrons. The summed E-state index contributed by atoms with van der Waals surface area (Å²) in [5.74, 6) is 0.667. The lowest BCUT2D eigenvalue weighted by atomic mass is 9.93. The first-order valence-corrected chi connectivity index (χ1v) is 14.3. The average Bonchev–Trinajstić information content (AvgIpc) is 2.68. The number of hydrogen-bond donors (Lipinski definition) is 0. The Bertz CT molecular complexity index is 665. The number of aryl methyl sites for hydroxylation is 2. The molecule has 0 aliphatic heterocycles. The van der Waals surface area contributed by atoms with E-state index in [0.717, 1.165) is 0 Å². The third kappa shape index (κ3) is 2.33. The van der Waals surface area contributed by atoms with E-state index in [1.165, 1.54) is 32.5 Å². The van der Waals surface area contributed by atoms with Gasteiger partial charge in [-0.2, -0.15) is 0 Å². The molecule has 0 N–H and O–H groups in total. The Morgan fingerprint density at radius 2 is 2.22 bits per heavy atom. The number of fused-ring (bicyclic) bond motifs is 3. The van der Waals surface area contributed by atoms with Gasteiger partial charge >= 0.3 is 0 Å². The van der Waals surface area contributed by atoms with Gasteiger partial charge in [-0.25, -0.2) is 0 Å². The van der Waals surface area contributed by atoms with E-state index in [9.17, 15) is 0 Å². The number of allylic oxidation sites excluding steroid dienone is 1. The van der Waals surface area contributed by atoms with E-state index in [1.807, 2.05) is 11.3 Å². The van der Waals surface area contributed by atoms with Crippen LogP contribution in [0.4, 0.5) is 0 Å². The first kappa shape index (κ1) is 13.2. The van der Waals surface area contributed by atoms with Crippen LogP contribution in [0.3, 0.4) is 0 Å². The van der Waals surface area contributed by atoms with Gasteiger partial charge in [0, 0.05) is 15.5 Å². The predicted molar refractivity (Wildman–Crippen MR) is 102 cm³/mol. The van der Waals surface area contributed by atoms with Gasteiger partial charge in [-0.05, 0) is 65.5 Å². The van der Waals surface area contributed by atoms with Gasteiger partial charge in [0.2, 0.25) is 0 Å². The Morgan fingerprint density at radius 1 is 1.39 bits per heavy atom. The van der Waals surface area contributed by atoms with Crippen LogP contribution in [0.1, 0.15) is 21.6 Å². The topological polar surface area (TPSA) is 0 Å². The van der Waals surface area contributed by atoms with Crippen LogP contribution in [0.25, 0.3) is 16.2 Å². The van der Waals surface area contributed by atoms with Gasteiger partial charge in [-0.15, -0.1) is 11.3 Å². The van der Waals surface area contributed by atoms with Crippen LogP contribution in [-0.4, -0.2) is 4.01 Å². The summed E-state index contributed by atoms with van der Waals surface area (Å²) in [6, 6.07) is 4.67. The van der Waals surface area contributed by atoms with Crippen molar-refractivity contribution in [3.8, 4) is 0 Å². The second-order valence-electron chi connectivity index (χ2n) is 4.84. The van der Waals surface area contributed by atoms with Crippen LogP contribution in [-0.2, 0) is 6.42 Å². The van der Waals surface area contributed by atoms with E-state index in [1.54, 1.807) is 5.56 Å². The van der Waals surface area contributed by atoms with E-state index in [2.05, 4.69) is 60.8 Å². The lowest BCUT2D eigenvalue weighted by molar-refractivity contribution is 0.878. The minimum atomic E-state index is 0.247. The van der Waals surface area contributed by atoms with Gasteiger partial charge < -0.3 is 0 Å². The van der Waals surface area contributed by atoms with E-state index in [-0.39, 0.29) is 16.8 Å². The zero-order valence-corrected chi connectivity index (χ0v) is 15.5. The maximum atomic E-state index is 2.54. The number of rotatable bonds is 1. The normalized spacial score (nSPS) is 19.2. The Labute approximate surface area is 131 Å². The molecule has 0 nitrogen and oxygen atoms in total. The molecule has 18 heavy (non-hydrogen) atoms. The molecule has 1 heterocycles. The Hall–Kier alpha value is 0.250. The summed E-state index contributed by atoms with van der Waals surface area (Å²) in [6.45, 7) is 4.44. The second kappa shape index (κ2) is 5.32. The van der Waals surface area contributed by atoms with Crippen LogP contribution in [0, 0.1) is 19.8 Å². The number of halogens is 2. The van der Waals surface area contributed by atoms with Gasteiger partial charge in [-0.3, -0.25) is 0 Å². The standard InChI is InChI=1S/C15H14I2S/c1-9-5-10(2)15-13(6-9)12-7-11(8-17-16)3-4-14(12)18-15/h3-6,8,11H,7H2,1-2H3. The van der Waals surface area contributed by atoms with E-state index < -0.39 is 0 Å². The molecule has 2 aromatic rings. The quantitative estimate of drug-likeness (QED) is 0.451. The fraction of sp³-hybridized carbons (Fsp3) is 0.267. The summed E-state index contributed by atoms with van der Waals surface area (Å²) in [6.07, 6.45) is 5.94. The first-order chi connectivity index (χ1) is 8.69. The minimum absolute atomic E-state index is 0.247. The molecule has 0 bridgehead atoms. The Balaban J connectivity index is 2.20. The van der Waals surface area contributed by atoms with Crippen LogP contribution < -0.4 is 0 Å². The molecule has 1 aromatic heterocycles. The lowest BCUT2D eigenvalue weighted by Crippen LogP contribution is -2.05. The van der Waals surface area contributed by atoms with E-state index in [4.69, 9.17) is 0 Å². The highest BCUT2D eigenvalue weighted by Gasteiger charge is 2.18. The molecule has 3 rings (SSSR count). The van der Waals surface area contributed by atoms with Crippen molar-refractivity contribution < 1.29 is 0 Å². The first-order valence-electron chi connectivity index (χ1n) is 5.97. The molecule has 0 spiro atoms. The maximum Gasteiger partial charge on any atom is 0.0381 e. The van der Waals surface area contributed by atoms with Crippen molar-refractivity contribution >= 4 is 66.9 Å². The molecule has 1 aliphatic rings. The molecule has 0 saturated heterocycles. The fourth-order valence-electron chi connectivity index (χ4n) is 2.63. The molecule has 1 aromatic carbocycles. The van der Waals surface area contributed by atoms with Gasteiger partial charge in [-0.1, -0.05) is 40.5 Å². The zero-order chi connectivity index (χ0) is 12.7. The minimum Gasteiger partial charge on any atom is -0.135 e. The van der Waals surface area contributed by atoms with Crippen LogP contribution in [0.2, 0.25) is 0 Å². The highest BCUT2D eigenvalue weighted by Crippen LogP contribution is 2.39. The largest absolute Gasteiger partial charge is 0.135 e. The predicted octanol–water partition coefficient (Wildman–Crippen LogP) is 5.83. The fourth-order valence-corrected chi connectivity index (χ4v) is 7.01. The molecule has 0 saturated carbocycles. The second-order valence-corrected chi connectivity index (χ2v) is 10.2. The molecule has 0 fully saturated rings. The molecule has 1 aliphatic carbocycles. The van der Waals surface area contributed by atoms with Gasteiger partial charge in [0.15, 0.2) is 0 Å². The average molecular weight is 480 g/mol. The van der Waals surface area contributed by atoms with Gasteiger partial charge in [0.1, 0.15) is 0 Å². The van der Waals surface area contributed by atoms with Crippen LogP contribution in [0.5, 0.6) is 0 Å². The summed E-state index contributed by atoms with van der Waals surface area (Å²) in [7, 11) is 0. The van der Waals surface area contributed by atoms with Crippen LogP contribution in [0.15, 0.2) is 18.2 Å². The highest BCUT2D eigenvalue weighted by molar-refractivity contribution is 15.0. The third-order valence-corrected chi connectivity index (χ3v) is 7.76. The van der Waals surface area contributed by atoms with E-state index in [0.29, 0.717) is 5.92 Å². The van der Waals surface area contributed by atoms with Crippen LogP contribution >= 0.6 is 46.7 Å². The smallest absolute Gasteiger partial charge is 0.0381 e. The summed E-state index contributed by atoms with van der Waals surface area (Å²) in [5.41, 5.74) is 4.40. The molecule has 1 unspecified atom stereocenters.